The van der Waals surface area contributed by atoms with Crippen LogP contribution in [-0.4, -0.2) is 49.0 Å². The van der Waals surface area contributed by atoms with E-state index in [2.05, 4.69) is 11.0 Å². The predicted octanol–water partition coefficient (Wildman–Crippen LogP) is 4.87. The molecule has 0 bridgehead atoms. The van der Waals surface area contributed by atoms with E-state index in [0.29, 0.717) is 6.61 Å². The summed E-state index contributed by atoms with van der Waals surface area (Å²) in [5.74, 6) is 1.11. The Morgan fingerprint density at radius 2 is 1.86 bits per heavy atom. The smallest absolute Gasteiger partial charge is 0.228 e. The number of nitrogens with zero attached hydrogens (tertiary/aromatic N) is 2. The van der Waals surface area contributed by atoms with Crippen molar-refractivity contribution in [2.24, 2.45) is 5.41 Å². The molecule has 3 rings (SSSR count). The van der Waals surface area contributed by atoms with Crippen molar-refractivity contribution in [1.82, 2.24) is 9.80 Å². The molecule has 1 amide bonds. The minimum atomic E-state index is -0.343. The highest BCUT2D eigenvalue weighted by atomic mass is 35.5. The molecule has 1 saturated heterocycles. The maximum atomic E-state index is 13.2. The number of para-hydroxylation sites is 1. The van der Waals surface area contributed by atoms with Crippen LogP contribution >= 0.6 is 11.6 Å². The first kappa shape index (κ1) is 21.7. The highest BCUT2D eigenvalue weighted by molar-refractivity contribution is 6.30. The van der Waals surface area contributed by atoms with Gasteiger partial charge in [0.05, 0.1) is 12.0 Å². The van der Waals surface area contributed by atoms with Gasteiger partial charge in [0.2, 0.25) is 5.91 Å². The Hall–Kier alpha value is -2.04. The van der Waals surface area contributed by atoms with E-state index < -0.39 is 0 Å². The zero-order valence-electron chi connectivity index (χ0n) is 17.4. The van der Waals surface area contributed by atoms with E-state index in [1.165, 1.54) is 5.56 Å². The first-order valence-electron chi connectivity index (χ1n) is 10.4. The number of likely N-dealkylation sites (tertiary alicyclic amines) is 1. The summed E-state index contributed by atoms with van der Waals surface area (Å²) in [6.07, 6.45) is 2.46. The Balaban J connectivity index is 1.63. The lowest BCUT2D eigenvalue weighted by atomic mass is 9.74. The van der Waals surface area contributed by atoms with Crippen molar-refractivity contribution in [3.05, 3.63) is 65.2 Å². The lowest BCUT2D eigenvalue weighted by Crippen LogP contribution is -2.49. The predicted molar refractivity (Wildman–Crippen MR) is 118 cm³/mol. The maximum Gasteiger partial charge on any atom is 0.228 e. The Bertz CT molecular complexity index is 788. The van der Waals surface area contributed by atoms with Crippen LogP contribution in [0.4, 0.5) is 0 Å². The van der Waals surface area contributed by atoms with Crippen molar-refractivity contribution in [2.75, 3.05) is 33.3 Å². The topological polar surface area (TPSA) is 32.8 Å². The second kappa shape index (κ2) is 10.1. The average molecular weight is 415 g/mol. The van der Waals surface area contributed by atoms with Gasteiger partial charge in [-0.25, -0.2) is 0 Å². The molecule has 0 N–H and O–H groups in total. The summed E-state index contributed by atoms with van der Waals surface area (Å²) < 4.78 is 5.93. The zero-order valence-corrected chi connectivity index (χ0v) is 18.2. The number of benzene rings is 2. The van der Waals surface area contributed by atoms with E-state index in [4.69, 9.17) is 16.3 Å². The molecule has 1 aliphatic rings. The molecular formula is C24H31ClN2O2. The summed E-state index contributed by atoms with van der Waals surface area (Å²) in [5.41, 5.74) is 0.874. The number of carbonyl (C=O) groups excluding carboxylic acids is 1. The molecule has 2 aromatic carbocycles. The molecule has 0 unspecified atom stereocenters. The van der Waals surface area contributed by atoms with E-state index in [1.54, 1.807) is 0 Å². The van der Waals surface area contributed by atoms with Crippen LogP contribution in [0.25, 0.3) is 0 Å². The molecule has 0 spiro atoms. The molecule has 0 radical (unpaired) electrons. The van der Waals surface area contributed by atoms with E-state index in [-0.39, 0.29) is 11.3 Å². The molecule has 29 heavy (non-hydrogen) atoms. The van der Waals surface area contributed by atoms with Gasteiger partial charge in [0.15, 0.2) is 0 Å². The molecular weight excluding hydrogens is 384 g/mol. The van der Waals surface area contributed by atoms with Gasteiger partial charge in [0.25, 0.3) is 0 Å². The Kier molecular flexibility index (Phi) is 7.57. The van der Waals surface area contributed by atoms with Crippen LogP contribution < -0.4 is 4.74 Å². The summed E-state index contributed by atoms with van der Waals surface area (Å²) >= 11 is 6.13. The van der Waals surface area contributed by atoms with Crippen molar-refractivity contribution < 1.29 is 9.53 Å². The van der Waals surface area contributed by atoms with E-state index in [1.807, 2.05) is 67.4 Å². The fourth-order valence-corrected chi connectivity index (χ4v) is 4.25. The second-order valence-corrected chi connectivity index (χ2v) is 8.35. The quantitative estimate of drug-likeness (QED) is 0.617. The molecule has 0 saturated carbocycles. The number of carbonyl (C=O) groups is 1. The monoisotopic (exact) mass is 414 g/mol. The Labute approximate surface area is 179 Å². The largest absolute Gasteiger partial charge is 0.494 e. The van der Waals surface area contributed by atoms with Gasteiger partial charge >= 0.3 is 0 Å². The third kappa shape index (κ3) is 5.74. The van der Waals surface area contributed by atoms with E-state index in [0.717, 1.165) is 56.2 Å². The standard InChI is InChI=1S/C24H31ClN2O2/c1-3-26(2)23(28)24(14-17-29-22-10-5-4-6-11-22)12-15-27(16-13-24)19-20-8-7-9-21(25)18-20/h4-11,18H,3,12-17,19H2,1-2H3. The first-order chi connectivity index (χ1) is 14.0. The number of halogens is 1. The molecule has 2 aromatic rings. The van der Waals surface area contributed by atoms with Crippen LogP contribution in [0.15, 0.2) is 54.6 Å². The Morgan fingerprint density at radius 1 is 1.14 bits per heavy atom. The molecule has 1 aliphatic heterocycles. The van der Waals surface area contributed by atoms with Gasteiger partial charge in [-0.1, -0.05) is 41.9 Å². The van der Waals surface area contributed by atoms with Crippen molar-refractivity contribution in [2.45, 2.75) is 32.7 Å². The molecule has 0 aromatic heterocycles. The fourth-order valence-electron chi connectivity index (χ4n) is 4.03. The average Bonchev–Trinajstić information content (AvgIpc) is 2.75. The van der Waals surface area contributed by atoms with Crippen molar-refractivity contribution in [1.29, 1.82) is 0 Å². The summed E-state index contributed by atoms with van der Waals surface area (Å²) in [5, 5.41) is 0.770. The van der Waals surface area contributed by atoms with Gasteiger partial charge in [0.1, 0.15) is 5.75 Å². The lowest BCUT2D eigenvalue weighted by Gasteiger charge is -2.42. The second-order valence-electron chi connectivity index (χ2n) is 7.92. The Morgan fingerprint density at radius 3 is 2.52 bits per heavy atom. The SMILES string of the molecule is CCN(C)C(=O)C1(CCOc2ccccc2)CCN(Cc2cccc(Cl)c2)CC1. The van der Waals surface area contributed by atoms with Crippen LogP contribution in [0.3, 0.4) is 0 Å². The van der Waals surface area contributed by atoms with Crippen molar-refractivity contribution in [3.63, 3.8) is 0 Å². The van der Waals surface area contributed by atoms with Crippen LogP contribution in [0.1, 0.15) is 31.7 Å². The molecule has 4 nitrogen and oxygen atoms in total. The number of amides is 1. The van der Waals surface area contributed by atoms with Crippen LogP contribution in [-0.2, 0) is 11.3 Å². The zero-order chi connectivity index (χ0) is 20.7. The highest BCUT2D eigenvalue weighted by Crippen LogP contribution is 2.37. The van der Waals surface area contributed by atoms with Gasteiger partial charge in [-0.05, 0) is 69.1 Å². The third-order valence-electron chi connectivity index (χ3n) is 5.98. The van der Waals surface area contributed by atoms with E-state index in [9.17, 15) is 4.79 Å². The van der Waals surface area contributed by atoms with Crippen LogP contribution in [0.5, 0.6) is 5.75 Å². The van der Waals surface area contributed by atoms with E-state index >= 15 is 0 Å². The third-order valence-corrected chi connectivity index (χ3v) is 6.21. The highest BCUT2D eigenvalue weighted by Gasteiger charge is 2.42. The minimum absolute atomic E-state index is 0.249. The number of piperidine rings is 1. The summed E-state index contributed by atoms with van der Waals surface area (Å²) in [6, 6.07) is 17.9. The number of hydrogen-bond donors (Lipinski definition) is 0. The van der Waals surface area contributed by atoms with Gasteiger partial charge in [-0.15, -0.1) is 0 Å². The number of ether oxygens (including phenoxy) is 1. The van der Waals surface area contributed by atoms with Gasteiger partial charge < -0.3 is 9.64 Å². The van der Waals surface area contributed by atoms with Crippen LogP contribution in [0.2, 0.25) is 5.02 Å². The molecule has 5 heteroatoms. The molecule has 0 aliphatic carbocycles. The van der Waals surface area contributed by atoms with Gasteiger partial charge in [-0.2, -0.15) is 0 Å². The van der Waals surface area contributed by atoms with Crippen molar-refractivity contribution >= 4 is 17.5 Å². The summed E-state index contributed by atoms with van der Waals surface area (Å²) in [4.78, 5) is 17.5. The van der Waals surface area contributed by atoms with Gasteiger partial charge in [-0.3, -0.25) is 9.69 Å². The number of rotatable bonds is 8. The molecule has 0 atom stereocenters. The number of hydrogen-bond acceptors (Lipinski definition) is 3. The minimum Gasteiger partial charge on any atom is -0.494 e. The van der Waals surface area contributed by atoms with Crippen molar-refractivity contribution in [3.8, 4) is 5.75 Å². The van der Waals surface area contributed by atoms with Gasteiger partial charge in [0, 0.05) is 25.2 Å². The normalized spacial score (nSPS) is 16.4. The fraction of sp³-hybridized carbons (Fsp3) is 0.458. The lowest BCUT2D eigenvalue weighted by molar-refractivity contribution is -0.144. The first-order valence-corrected chi connectivity index (χ1v) is 10.8. The summed E-state index contributed by atoms with van der Waals surface area (Å²) in [7, 11) is 1.90. The molecule has 1 fully saturated rings. The molecule has 156 valence electrons. The maximum absolute atomic E-state index is 13.2. The molecule has 1 heterocycles. The summed E-state index contributed by atoms with van der Waals surface area (Å²) in [6.45, 7) is 5.99. The van der Waals surface area contributed by atoms with Crippen LogP contribution in [0, 0.1) is 5.41 Å².